The SMILES string of the molecule is CCCCCCCCCCCCCCCCCCNC(=O)OCC(COC(=O)NC1CCC[N+](C)(CC)C1)OC.[I-]. The van der Waals surface area contributed by atoms with Crippen LogP contribution in [-0.4, -0.2) is 82.4 Å². The van der Waals surface area contributed by atoms with Crippen molar-refractivity contribution in [3.63, 3.8) is 0 Å². The van der Waals surface area contributed by atoms with Gasteiger partial charge in [0.2, 0.25) is 0 Å². The summed E-state index contributed by atoms with van der Waals surface area (Å²) in [6.45, 7) is 8.28. The molecule has 0 aromatic heterocycles. The maximum absolute atomic E-state index is 12.2. The Bertz CT molecular complexity index is 642. The minimum atomic E-state index is -0.491. The lowest BCUT2D eigenvalue weighted by Gasteiger charge is -2.40. The van der Waals surface area contributed by atoms with Crippen LogP contribution in [0.15, 0.2) is 0 Å². The third kappa shape index (κ3) is 22.4. The molecule has 0 saturated carbocycles. The van der Waals surface area contributed by atoms with Crippen molar-refractivity contribution in [2.45, 2.75) is 142 Å². The van der Waals surface area contributed by atoms with Gasteiger partial charge in [0.15, 0.2) is 0 Å². The highest BCUT2D eigenvalue weighted by atomic mass is 127. The zero-order valence-corrected chi connectivity index (χ0v) is 29.1. The number of methoxy groups -OCH3 is 1. The van der Waals surface area contributed by atoms with Gasteiger partial charge in [-0.3, -0.25) is 0 Å². The Labute approximate surface area is 269 Å². The summed E-state index contributed by atoms with van der Waals surface area (Å²) in [6.07, 6.45) is 22.0. The Morgan fingerprint density at radius 2 is 1.27 bits per heavy atom. The van der Waals surface area contributed by atoms with Crippen LogP contribution in [0.3, 0.4) is 0 Å². The quantitative estimate of drug-likeness (QED) is 0.0891. The molecule has 2 N–H and O–H groups in total. The first kappa shape index (κ1) is 40.2. The number of nitrogens with one attached hydrogen (secondary N) is 2. The van der Waals surface area contributed by atoms with E-state index in [0.717, 1.165) is 49.8 Å². The number of nitrogens with zero attached hydrogens (tertiary/aromatic N) is 1. The second-order valence-corrected chi connectivity index (χ2v) is 12.1. The molecule has 0 spiro atoms. The van der Waals surface area contributed by atoms with Crippen molar-refractivity contribution in [2.75, 3.05) is 53.6 Å². The Hall–Kier alpha value is -0.810. The summed E-state index contributed by atoms with van der Waals surface area (Å²) in [7, 11) is 3.75. The monoisotopic (exact) mass is 697 g/mol. The van der Waals surface area contributed by atoms with E-state index in [-0.39, 0.29) is 43.2 Å². The van der Waals surface area contributed by atoms with Gasteiger partial charge in [0.05, 0.1) is 32.7 Å². The molecule has 0 aromatic carbocycles. The van der Waals surface area contributed by atoms with E-state index in [9.17, 15) is 9.59 Å². The van der Waals surface area contributed by atoms with Crippen LogP contribution in [0, 0.1) is 0 Å². The molecule has 1 fully saturated rings. The van der Waals surface area contributed by atoms with Crippen molar-refractivity contribution >= 4 is 12.2 Å². The summed E-state index contributed by atoms with van der Waals surface area (Å²) >= 11 is 0. The number of unbranched alkanes of at least 4 members (excludes halogenated alkanes) is 15. The van der Waals surface area contributed by atoms with Crippen LogP contribution in [0.2, 0.25) is 0 Å². The lowest BCUT2D eigenvalue weighted by Crippen LogP contribution is -3.00. The third-order valence-electron chi connectivity index (χ3n) is 8.43. The van der Waals surface area contributed by atoms with Crippen LogP contribution in [0.4, 0.5) is 9.59 Å². The van der Waals surface area contributed by atoms with E-state index in [0.29, 0.717) is 6.54 Å². The molecule has 1 aliphatic rings. The Kier molecular flexibility index (Phi) is 26.3. The highest BCUT2D eigenvalue weighted by Gasteiger charge is 2.31. The predicted molar refractivity (Wildman–Crippen MR) is 164 cm³/mol. The molecule has 0 radical (unpaired) electrons. The van der Waals surface area contributed by atoms with Gasteiger partial charge in [0.25, 0.3) is 0 Å². The van der Waals surface area contributed by atoms with Crippen molar-refractivity contribution in [3.05, 3.63) is 0 Å². The van der Waals surface area contributed by atoms with Crippen molar-refractivity contribution < 1.29 is 52.3 Å². The van der Waals surface area contributed by atoms with E-state index >= 15 is 0 Å². The summed E-state index contributed by atoms with van der Waals surface area (Å²) in [5, 5.41) is 5.78. The van der Waals surface area contributed by atoms with Crippen molar-refractivity contribution in [1.82, 2.24) is 10.6 Å². The van der Waals surface area contributed by atoms with Crippen LogP contribution in [-0.2, 0) is 14.2 Å². The number of rotatable bonds is 24. The van der Waals surface area contributed by atoms with Crippen LogP contribution in [0.5, 0.6) is 0 Å². The second-order valence-electron chi connectivity index (χ2n) is 12.1. The first-order chi connectivity index (χ1) is 19.4. The number of halogens is 1. The molecule has 0 aliphatic carbocycles. The lowest BCUT2D eigenvalue weighted by atomic mass is 10.0. The molecule has 1 saturated heterocycles. The van der Waals surface area contributed by atoms with Crippen molar-refractivity contribution in [2.24, 2.45) is 0 Å². The molecule has 3 atom stereocenters. The third-order valence-corrected chi connectivity index (χ3v) is 8.43. The van der Waals surface area contributed by atoms with Crippen LogP contribution in [0.25, 0.3) is 0 Å². The Morgan fingerprint density at radius 1 is 0.780 bits per heavy atom. The molecule has 0 bridgehead atoms. The average molecular weight is 698 g/mol. The van der Waals surface area contributed by atoms with Gasteiger partial charge in [-0.15, -0.1) is 0 Å². The van der Waals surface area contributed by atoms with Gasteiger partial charge in [0, 0.05) is 13.7 Å². The molecule has 41 heavy (non-hydrogen) atoms. The van der Waals surface area contributed by atoms with Gasteiger partial charge in [-0.1, -0.05) is 103 Å². The van der Waals surface area contributed by atoms with Crippen LogP contribution < -0.4 is 34.6 Å². The minimum absolute atomic E-state index is 0. The summed E-state index contributed by atoms with van der Waals surface area (Å²) in [5.41, 5.74) is 0. The fraction of sp³-hybridized carbons (Fsp3) is 0.938. The number of hydrogen-bond acceptors (Lipinski definition) is 5. The van der Waals surface area contributed by atoms with Gasteiger partial charge in [-0.05, 0) is 26.2 Å². The first-order valence-corrected chi connectivity index (χ1v) is 16.6. The van der Waals surface area contributed by atoms with Crippen molar-refractivity contribution in [1.29, 1.82) is 0 Å². The normalized spacial score (nSPS) is 19.2. The first-order valence-electron chi connectivity index (χ1n) is 16.6. The van der Waals surface area contributed by atoms with E-state index < -0.39 is 18.3 Å². The average Bonchev–Trinajstić information content (AvgIpc) is 2.94. The molecular formula is C32H64IN3O5. The number of alkyl carbamates (subject to hydrolysis) is 2. The summed E-state index contributed by atoms with van der Waals surface area (Å²) in [5.74, 6) is 0. The molecule has 9 heteroatoms. The maximum atomic E-state index is 12.2. The molecular weight excluding hydrogens is 633 g/mol. The second kappa shape index (κ2) is 26.8. The molecule has 2 amide bonds. The van der Waals surface area contributed by atoms with Gasteiger partial charge in [-0.25, -0.2) is 9.59 Å². The summed E-state index contributed by atoms with van der Waals surface area (Å²) in [6, 6.07) is 0.124. The summed E-state index contributed by atoms with van der Waals surface area (Å²) < 4.78 is 16.9. The number of likely N-dealkylation sites (tertiary alicyclic amines) is 1. The molecule has 1 rings (SSSR count). The van der Waals surface area contributed by atoms with Gasteiger partial charge < -0.3 is 53.3 Å². The van der Waals surface area contributed by atoms with Crippen LogP contribution >= 0.6 is 0 Å². The van der Waals surface area contributed by atoms with Crippen molar-refractivity contribution in [3.8, 4) is 0 Å². The standard InChI is InChI=1S/C32H63N3O5.HI/c1-5-7-8-9-10-11-12-13-14-15-16-17-18-19-20-21-24-33-31(36)39-27-30(38-4)28-40-32(37)34-29-23-22-25-35(3,6-2)26-29;/h29-30H,5-28H2,1-4H3,(H-,33,34,36,37);1H. The van der Waals surface area contributed by atoms with Gasteiger partial charge in [-0.2, -0.15) is 0 Å². The summed E-state index contributed by atoms with van der Waals surface area (Å²) in [4.78, 5) is 24.2. The number of ether oxygens (including phenoxy) is 3. The van der Waals surface area contributed by atoms with E-state index in [1.165, 1.54) is 97.0 Å². The lowest BCUT2D eigenvalue weighted by molar-refractivity contribution is -0.913. The zero-order chi connectivity index (χ0) is 29.3. The number of carbonyl (C=O) groups excluding carboxylic acids is 2. The van der Waals surface area contributed by atoms with E-state index in [2.05, 4.69) is 31.5 Å². The number of carbonyl (C=O) groups is 2. The Balaban J connectivity index is 0.0000160. The molecule has 8 nitrogen and oxygen atoms in total. The number of hydrogen-bond donors (Lipinski definition) is 2. The molecule has 3 unspecified atom stereocenters. The predicted octanol–water partition coefficient (Wildman–Crippen LogP) is 4.35. The fourth-order valence-corrected chi connectivity index (χ4v) is 5.48. The number of amides is 2. The maximum Gasteiger partial charge on any atom is 0.407 e. The molecule has 244 valence electrons. The van der Waals surface area contributed by atoms with Gasteiger partial charge >= 0.3 is 12.2 Å². The van der Waals surface area contributed by atoms with E-state index in [1.54, 1.807) is 0 Å². The zero-order valence-electron chi connectivity index (χ0n) is 27.0. The number of piperidine rings is 1. The fourth-order valence-electron chi connectivity index (χ4n) is 5.48. The topological polar surface area (TPSA) is 85.9 Å². The van der Waals surface area contributed by atoms with Gasteiger partial charge in [0.1, 0.15) is 19.3 Å². The largest absolute Gasteiger partial charge is 1.00 e. The molecule has 1 aliphatic heterocycles. The number of likely N-dealkylation sites (N-methyl/N-ethyl adjacent to an activating group) is 1. The highest BCUT2D eigenvalue weighted by molar-refractivity contribution is 5.68. The van der Waals surface area contributed by atoms with E-state index in [1.807, 2.05) is 0 Å². The Morgan fingerprint density at radius 3 is 1.76 bits per heavy atom. The molecule has 1 heterocycles. The number of quaternary nitrogens is 1. The van der Waals surface area contributed by atoms with Crippen LogP contribution in [0.1, 0.15) is 129 Å². The smallest absolute Gasteiger partial charge is 0.407 e. The molecule has 0 aromatic rings. The highest BCUT2D eigenvalue weighted by Crippen LogP contribution is 2.17. The van der Waals surface area contributed by atoms with E-state index in [4.69, 9.17) is 14.2 Å². The minimum Gasteiger partial charge on any atom is -1.00 e.